The van der Waals surface area contributed by atoms with Gasteiger partial charge in [-0.1, -0.05) is 39.7 Å². The maximum absolute atomic E-state index is 13.5. The van der Waals surface area contributed by atoms with Crippen LogP contribution in [0.15, 0.2) is 110 Å². The minimum atomic E-state index is -0.697. The van der Waals surface area contributed by atoms with E-state index in [-0.39, 0.29) is 17.0 Å². The van der Waals surface area contributed by atoms with Gasteiger partial charge in [0.1, 0.15) is 0 Å². The van der Waals surface area contributed by atoms with E-state index >= 15 is 0 Å². The van der Waals surface area contributed by atoms with Crippen LogP contribution in [-0.2, 0) is 4.79 Å². The number of carbonyl (C=O) groups is 1. The van der Waals surface area contributed by atoms with Crippen molar-refractivity contribution in [3.8, 4) is 17.1 Å². The van der Waals surface area contributed by atoms with Crippen molar-refractivity contribution in [2.75, 3.05) is 0 Å². The molecule has 4 aromatic carbocycles. The van der Waals surface area contributed by atoms with Crippen molar-refractivity contribution in [1.82, 2.24) is 9.66 Å². The summed E-state index contributed by atoms with van der Waals surface area (Å²) in [4.78, 5) is 41.3. The summed E-state index contributed by atoms with van der Waals surface area (Å²) >= 11 is 12.9. The molecule has 0 aliphatic heterocycles. The van der Waals surface area contributed by atoms with E-state index in [1.54, 1.807) is 60.7 Å². The summed E-state index contributed by atoms with van der Waals surface area (Å²) in [5, 5.41) is 16.2. The largest absolute Gasteiger partial charge is 0.421 e. The number of para-hydroxylation sites is 1. The minimum absolute atomic E-state index is 0.0580. The third-order valence-electron chi connectivity index (χ3n) is 5.92. The number of halogens is 3. The summed E-state index contributed by atoms with van der Waals surface area (Å²) in [6.07, 6.45) is 4.08. The number of rotatable bonds is 7. The molecule has 5 rings (SSSR count). The van der Waals surface area contributed by atoms with Gasteiger partial charge < -0.3 is 4.74 Å². The third-order valence-corrected chi connectivity index (χ3v) is 7.22. The van der Waals surface area contributed by atoms with E-state index in [2.05, 4.69) is 41.9 Å². The monoisotopic (exact) mass is 706 g/mol. The van der Waals surface area contributed by atoms with Crippen molar-refractivity contribution < 1.29 is 14.5 Å². The highest BCUT2D eigenvalue weighted by atomic mass is 79.9. The van der Waals surface area contributed by atoms with Crippen molar-refractivity contribution in [3.05, 3.63) is 137 Å². The highest BCUT2D eigenvalue weighted by molar-refractivity contribution is 9.11. The first-order chi connectivity index (χ1) is 20.2. The second-order valence-corrected chi connectivity index (χ2v) is 10.9. The van der Waals surface area contributed by atoms with Crippen molar-refractivity contribution in [2.24, 2.45) is 5.10 Å². The summed E-state index contributed by atoms with van der Waals surface area (Å²) in [6, 6.07) is 22.9. The van der Waals surface area contributed by atoms with Gasteiger partial charge in [-0.2, -0.15) is 9.78 Å². The number of nitro benzene ring substituents is 1. The lowest BCUT2D eigenvalue weighted by Crippen LogP contribution is -2.20. The normalized spacial score (nSPS) is 11.4. The van der Waals surface area contributed by atoms with E-state index in [4.69, 9.17) is 16.3 Å². The Morgan fingerprint density at radius 1 is 1.02 bits per heavy atom. The van der Waals surface area contributed by atoms with Crippen LogP contribution in [0.4, 0.5) is 5.69 Å². The molecule has 0 N–H and O–H groups in total. The number of hydrogen-bond acceptors (Lipinski definition) is 7. The molecule has 0 saturated carbocycles. The van der Waals surface area contributed by atoms with Gasteiger partial charge in [0.15, 0.2) is 11.6 Å². The molecule has 0 amide bonds. The van der Waals surface area contributed by atoms with E-state index in [0.717, 1.165) is 0 Å². The first-order valence-electron chi connectivity index (χ1n) is 12.1. The Balaban J connectivity index is 1.51. The second-order valence-electron chi connectivity index (χ2n) is 8.73. The number of benzene rings is 4. The molecule has 42 heavy (non-hydrogen) atoms. The Morgan fingerprint density at radius 3 is 2.45 bits per heavy atom. The van der Waals surface area contributed by atoms with Gasteiger partial charge >= 0.3 is 5.97 Å². The molecule has 9 nitrogen and oxygen atoms in total. The molecule has 0 fully saturated rings. The fraction of sp³-hybridized carbons (Fsp3) is 0. The van der Waals surface area contributed by atoms with Gasteiger partial charge in [0.25, 0.3) is 11.2 Å². The topological polar surface area (TPSA) is 117 Å². The van der Waals surface area contributed by atoms with Gasteiger partial charge in [-0.05, 0) is 88.2 Å². The predicted octanol–water partition coefficient (Wildman–Crippen LogP) is 7.65. The molecule has 0 aliphatic carbocycles. The first-order valence-corrected chi connectivity index (χ1v) is 14.1. The number of fused-ring (bicyclic) bond motifs is 1. The molecule has 0 unspecified atom stereocenters. The molecule has 0 saturated heterocycles. The predicted molar refractivity (Wildman–Crippen MR) is 169 cm³/mol. The zero-order valence-corrected chi connectivity index (χ0v) is 25.2. The lowest BCUT2D eigenvalue weighted by atomic mass is 10.2. The van der Waals surface area contributed by atoms with Crippen LogP contribution in [0.25, 0.3) is 28.4 Å². The molecule has 0 spiro atoms. The molecule has 0 radical (unpaired) electrons. The molecular weight excluding hydrogens is 692 g/mol. The van der Waals surface area contributed by atoms with Crippen LogP contribution in [0.3, 0.4) is 0 Å². The van der Waals surface area contributed by atoms with Gasteiger partial charge in [-0.15, -0.1) is 0 Å². The van der Waals surface area contributed by atoms with Crippen molar-refractivity contribution in [3.63, 3.8) is 0 Å². The smallest absolute Gasteiger partial charge is 0.336 e. The van der Waals surface area contributed by atoms with Crippen LogP contribution in [0.5, 0.6) is 5.75 Å². The van der Waals surface area contributed by atoms with Gasteiger partial charge in [-0.3, -0.25) is 14.9 Å². The lowest BCUT2D eigenvalue weighted by Gasteiger charge is -2.11. The Morgan fingerprint density at radius 2 is 1.74 bits per heavy atom. The van der Waals surface area contributed by atoms with Crippen molar-refractivity contribution in [2.45, 2.75) is 0 Å². The van der Waals surface area contributed by atoms with Crippen LogP contribution in [0.2, 0.25) is 5.02 Å². The maximum Gasteiger partial charge on any atom is 0.336 e. The number of aromatic nitrogens is 2. The number of ether oxygens (including phenoxy) is 1. The summed E-state index contributed by atoms with van der Waals surface area (Å²) in [5.41, 5.74) is 1.65. The van der Waals surface area contributed by atoms with Crippen LogP contribution in [0, 0.1) is 10.1 Å². The summed E-state index contributed by atoms with van der Waals surface area (Å²) in [5.74, 6) is -0.238. The van der Waals surface area contributed by atoms with E-state index in [9.17, 15) is 19.7 Å². The highest BCUT2D eigenvalue weighted by Gasteiger charge is 2.15. The molecule has 0 aliphatic rings. The SMILES string of the molecule is O=C(/C=C/c1ccc([N+](=O)[O-])cc1)Oc1c(Br)cc(Br)cc1C=Nn1c(-c2ccc(Cl)cc2)nc2ccccc2c1=O. The van der Waals surface area contributed by atoms with Crippen molar-refractivity contribution >= 4 is 78.3 Å². The summed E-state index contributed by atoms with van der Waals surface area (Å²) < 4.78 is 7.92. The second kappa shape index (κ2) is 12.6. The summed E-state index contributed by atoms with van der Waals surface area (Å²) in [7, 11) is 0. The number of non-ortho nitro benzene ring substituents is 1. The number of nitrogens with zero attached hydrogens (tertiary/aromatic N) is 4. The first kappa shape index (κ1) is 29.1. The van der Waals surface area contributed by atoms with E-state index in [1.807, 2.05) is 0 Å². The summed E-state index contributed by atoms with van der Waals surface area (Å²) in [6.45, 7) is 0. The molecule has 1 aromatic heterocycles. The number of nitro groups is 1. The van der Waals surface area contributed by atoms with Crippen LogP contribution in [-0.4, -0.2) is 26.8 Å². The van der Waals surface area contributed by atoms with Crippen LogP contribution >= 0.6 is 43.5 Å². The average molecular weight is 709 g/mol. The van der Waals surface area contributed by atoms with Crippen LogP contribution in [0.1, 0.15) is 11.1 Å². The van der Waals surface area contributed by atoms with E-state index in [1.165, 1.54) is 47.3 Å². The highest BCUT2D eigenvalue weighted by Crippen LogP contribution is 2.32. The van der Waals surface area contributed by atoms with Crippen LogP contribution < -0.4 is 10.3 Å². The van der Waals surface area contributed by atoms with E-state index < -0.39 is 10.9 Å². The molecule has 12 heteroatoms. The maximum atomic E-state index is 13.5. The third kappa shape index (κ3) is 6.54. The van der Waals surface area contributed by atoms with E-state index in [0.29, 0.717) is 47.4 Å². The minimum Gasteiger partial charge on any atom is -0.421 e. The molecular formula is C30H17Br2ClN4O5. The lowest BCUT2D eigenvalue weighted by molar-refractivity contribution is -0.384. The zero-order valence-electron chi connectivity index (χ0n) is 21.3. The van der Waals surface area contributed by atoms with Crippen molar-refractivity contribution in [1.29, 1.82) is 0 Å². The Kier molecular flexibility index (Phi) is 8.72. The quantitative estimate of drug-likeness (QED) is 0.0428. The Labute approximate surface area is 260 Å². The fourth-order valence-electron chi connectivity index (χ4n) is 3.93. The molecule has 0 atom stereocenters. The molecule has 208 valence electrons. The average Bonchev–Trinajstić information content (AvgIpc) is 2.97. The Hall–Kier alpha value is -4.45. The fourth-order valence-corrected chi connectivity index (χ4v) is 5.39. The zero-order chi connectivity index (χ0) is 29.8. The molecule has 1 heterocycles. The number of hydrogen-bond donors (Lipinski definition) is 0. The molecule has 0 bridgehead atoms. The van der Waals surface area contributed by atoms with Gasteiger partial charge in [0.2, 0.25) is 0 Å². The standard InChI is InChI=1S/C30H17Br2ClN4O5/c31-21-15-20(28(25(32)16-21)42-27(38)14-7-18-5-12-23(13-6-18)37(40)41)17-34-36-29(19-8-10-22(33)11-9-19)35-26-4-2-1-3-24(26)30(36)39/h1-17H/b14-7+,34-17?. The van der Waals surface area contributed by atoms with Gasteiger partial charge in [0, 0.05) is 38.8 Å². The number of esters is 1. The van der Waals surface area contributed by atoms with Gasteiger partial charge in [-0.25, -0.2) is 9.78 Å². The number of carbonyl (C=O) groups excluding carboxylic acids is 1. The van der Waals surface area contributed by atoms with Gasteiger partial charge in [0.05, 0.1) is 26.5 Å². The Bertz CT molecular complexity index is 1960. The molecule has 5 aromatic rings.